The largest absolute Gasteiger partial charge is 0.495 e. The van der Waals surface area contributed by atoms with Gasteiger partial charge in [-0.1, -0.05) is 25.4 Å². The highest BCUT2D eigenvalue weighted by Gasteiger charge is 2.30. The van der Waals surface area contributed by atoms with Crippen molar-refractivity contribution in [1.29, 1.82) is 0 Å². The van der Waals surface area contributed by atoms with E-state index in [-0.39, 0.29) is 12.0 Å². The summed E-state index contributed by atoms with van der Waals surface area (Å²) in [6, 6.07) is 2.03. The summed E-state index contributed by atoms with van der Waals surface area (Å²) in [6.07, 6.45) is 4.55. The molecule has 0 atom stereocenters. The molecule has 1 aliphatic rings. The number of fused-ring (bicyclic) bond motifs is 1. The van der Waals surface area contributed by atoms with Crippen LogP contribution < -0.4 is 4.74 Å². The smallest absolute Gasteiger partial charge is 0.141 e. The molecule has 3 heteroatoms. The van der Waals surface area contributed by atoms with Crippen LogP contribution in [0.1, 0.15) is 43.4 Å². The van der Waals surface area contributed by atoms with Crippen molar-refractivity contribution in [2.45, 2.75) is 44.9 Å². The summed E-state index contributed by atoms with van der Waals surface area (Å²) in [5, 5.41) is 10.3. The number of benzene rings is 1. The van der Waals surface area contributed by atoms with Gasteiger partial charge in [-0.15, -0.1) is 0 Å². The number of rotatable bonds is 3. The maximum absolute atomic E-state index is 9.66. The minimum atomic E-state index is -0.322. The van der Waals surface area contributed by atoms with Gasteiger partial charge in [0.1, 0.15) is 5.75 Å². The average Bonchev–Trinajstić information content (AvgIpc) is 2.37. The fraction of sp³-hybridized carbons (Fsp3) is 0.600. The van der Waals surface area contributed by atoms with Crippen LogP contribution in [0.4, 0.5) is 0 Å². The fourth-order valence-corrected chi connectivity index (χ4v) is 3.15. The van der Waals surface area contributed by atoms with E-state index in [9.17, 15) is 5.11 Å². The number of aliphatic hydroxyl groups is 1. The lowest BCUT2D eigenvalue weighted by molar-refractivity contribution is 0.213. The Hall–Kier alpha value is -0.730. The molecule has 2 nitrogen and oxygen atoms in total. The quantitative estimate of drug-likeness (QED) is 0.909. The van der Waals surface area contributed by atoms with Crippen LogP contribution in [0.2, 0.25) is 5.02 Å². The molecule has 1 aliphatic carbocycles. The summed E-state index contributed by atoms with van der Waals surface area (Å²) in [4.78, 5) is 0. The first-order chi connectivity index (χ1) is 8.51. The predicted octanol–water partition coefficient (Wildman–Crippen LogP) is 3.50. The Kier molecular flexibility index (Phi) is 3.88. The number of methoxy groups -OCH3 is 1. The summed E-state index contributed by atoms with van der Waals surface area (Å²) in [5.41, 5.74) is 3.43. The first kappa shape index (κ1) is 13.7. The van der Waals surface area contributed by atoms with Gasteiger partial charge < -0.3 is 9.84 Å². The van der Waals surface area contributed by atoms with E-state index in [0.29, 0.717) is 5.02 Å². The van der Waals surface area contributed by atoms with E-state index in [1.54, 1.807) is 7.11 Å². The van der Waals surface area contributed by atoms with Gasteiger partial charge in [-0.25, -0.2) is 0 Å². The molecule has 0 unspecified atom stereocenters. The number of aryl methyl sites for hydroxylation is 1. The van der Waals surface area contributed by atoms with Crippen LogP contribution in [0.5, 0.6) is 5.75 Å². The van der Waals surface area contributed by atoms with Gasteiger partial charge in [0, 0.05) is 11.0 Å². The minimum Gasteiger partial charge on any atom is -0.495 e. The highest BCUT2D eigenvalue weighted by atomic mass is 35.5. The van der Waals surface area contributed by atoms with Crippen molar-refractivity contribution in [1.82, 2.24) is 0 Å². The van der Waals surface area contributed by atoms with Gasteiger partial charge in [-0.05, 0) is 42.9 Å². The second kappa shape index (κ2) is 5.10. The van der Waals surface area contributed by atoms with E-state index in [1.807, 2.05) is 19.9 Å². The first-order valence-electron chi connectivity index (χ1n) is 6.51. The monoisotopic (exact) mass is 268 g/mol. The van der Waals surface area contributed by atoms with Crippen molar-refractivity contribution >= 4 is 11.6 Å². The summed E-state index contributed by atoms with van der Waals surface area (Å²) in [6.45, 7) is 4.17. The normalized spacial score (nSPS) is 15.4. The van der Waals surface area contributed by atoms with Crippen molar-refractivity contribution in [3.8, 4) is 5.75 Å². The van der Waals surface area contributed by atoms with E-state index in [2.05, 4.69) is 0 Å². The summed E-state index contributed by atoms with van der Waals surface area (Å²) in [5.74, 6) is 0.733. The molecule has 0 saturated carbocycles. The second-order valence-corrected chi connectivity index (χ2v) is 6.06. The van der Waals surface area contributed by atoms with Crippen molar-refractivity contribution in [3.05, 3.63) is 27.8 Å². The molecule has 100 valence electrons. The van der Waals surface area contributed by atoms with Gasteiger partial charge in [-0.2, -0.15) is 0 Å². The third-order valence-electron chi connectivity index (χ3n) is 3.83. The van der Waals surface area contributed by atoms with Crippen LogP contribution >= 0.6 is 11.6 Å². The Bertz CT molecular complexity index is 452. The van der Waals surface area contributed by atoms with Gasteiger partial charge in [0.25, 0.3) is 0 Å². The number of ether oxygens (including phenoxy) is 1. The van der Waals surface area contributed by atoms with Crippen molar-refractivity contribution < 1.29 is 9.84 Å². The zero-order valence-corrected chi connectivity index (χ0v) is 12.1. The molecule has 0 spiro atoms. The van der Waals surface area contributed by atoms with Gasteiger partial charge in [0.05, 0.1) is 18.7 Å². The van der Waals surface area contributed by atoms with Gasteiger partial charge in [0.2, 0.25) is 0 Å². The lowest BCUT2D eigenvalue weighted by Gasteiger charge is -2.31. The molecular weight excluding hydrogens is 248 g/mol. The molecule has 0 bridgehead atoms. The van der Waals surface area contributed by atoms with Crippen LogP contribution in [0.25, 0.3) is 0 Å². The zero-order valence-electron chi connectivity index (χ0n) is 11.3. The first-order valence-corrected chi connectivity index (χ1v) is 6.88. The number of hydrogen-bond donors (Lipinski definition) is 1. The zero-order chi connectivity index (χ0) is 13.3. The molecule has 0 saturated heterocycles. The van der Waals surface area contributed by atoms with Crippen LogP contribution in [0, 0.1) is 0 Å². The van der Waals surface area contributed by atoms with Crippen molar-refractivity contribution in [3.63, 3.8) is 0 Å². The van der Waals surface area contributed by atoms with Gasteiger partial charge >= 0.3 is 0 Å². The standard InChI is InChI=1S/C15H21ClO2/c1-15(2,9-17)13-11-7-5-4-6-10(11)8-12(16)14(13)18-3/h8,17H,4-7,9H2,1-3H3. The fourth-order valence-electron chi connectivity index (χ4n) is 2.84. The van der Waals surface area contributed by atoms with Gasteiger partial charge in [-0.3, -0.25) is 0 Å². The number of hydrogen-bond acceptors (Lipinski definition) is 2. The summed E-state index contributed by atoms with van der Waals surface area (Å²) in [7, 11) is 1.65. The Morgan fingerprint density at radius 2 is 2.00 bits per heavy atom. The third kappa shape index (κ3) is 2.24. The van der Waals surface area contributed by atoms with Crippen LogP contribution in [-0.2, 0) is 18.3 Å². The Labute approximate surface area is 114 Å². The minimum absolute atomic E-state index is 0.0934. The SMILES string of the molecule is COc1c(Cl)cc2c(c1C(C)(C)CO)CCCC2. The molecule has 0 heterocycles. The molecule has 2 rings (SSSR count). The Morgan fingerprint density at radius 1 is 1.33 bits per heavy atom. The van der Waals surface area contributed by atoms with E-state index < -0.39 is 0 Å². The number of aliphatic hydroxyl groups excluding tert-OH is 1. The summed E-state index contributed by atoms with van der Waals surface area (Å²) < 4.78 is 5.49. The molecule has 0 aromatic heterocycles. The highest BCUT2D eigenvalue weighted by molar-refractivity contribution is 6.32. The van der Waals surface area contributed by atoms with E-state index >= 15 is 0 Å². The van der Waals surface area contributed by atoms with Crippen LogP contribution in [-0.4, -0.2) is 18.8 Å². The van der Waals surface area contributed by atoms with Crippen molar-refractivity contribution in [2.24, 2.45) is 0 Å². The maximum atomic E-state index is 9.66. The highest BCUT2D eigenvalue weighted by Crippen LogP contribution is 2.43. The number of halogens is 1. The van der Waals surface area contributed by atoms with Crippen LogP contribution in [0.15, 0.2) is 6.07 Å². The average molecular weight is 269 g/mol. The Morgan fingerprint density at radius 3 is 2.61 bits per heavy atom. The van der Waals surface area contributed by atoms with Gasteiger partial charge in [0.15, 0.2) is 0 Å². The molecule has 0 radical (unpaired) electrons. The molecule has 1 aromatic carbocycles. The van der Waals surface area contributed by atoms with E-state index in [4.69, 9.17) is 16.3 Å². The second-order valence-electron chi connectivity index (χ2n) is 5.65. The van der Waals surface area contributed by atoms with Crippen molar-refractivity contribution in [2.75, 3.05) is 13.7 Å². The van der Waals surface area contributed by atoms with E-state index in [0.717, 1.165) is 24.2 Å². The molecule has 0 amide bonds. The molecule has 0 aliphatic heterocycles. The third-order valence-corrected chi connectivity index (χ3v) is 4.11. The molecule has 18 heavy (non-hydrogen) atoms. The maximum Gasteiger partial charge on any atom is 0.141 e. The topological polar surface area (TPSA) is 29.5 Å². The molecule has 1 aromatic rings. The summed E-state index contributed by atoms with van der Waals surface area (Å²) >= 11 is 6.32. The molecule has 1 N–H and O–H groups in total. The lowest BCUT2D eigenvalue weighted by Crippen LogP contribution is -2.26. The molecular formula is C15H21ClO2. The van der Waals surface area contributed by atoms with E-state index in [1.165, 1.54) is 24.0 Å². The Balaban J connectivity index is 2.69. The molecule has 0 fully saturated rings. The lowest BCUT2D eigenvalue weighted by atomic mass is 9.76. The van der Waals surface area contributed by atoms with Crippen LogP contribution in [0.3, 0.4) is 0 Å². The predicted molar refractivity (Wildman–Crippen MR) is 74.8 cm³/mol.